The summed E-state index contributed by atoms with van der Waals surface area (Å²) in [5, 5.41) is 8.67. The molecule has 2 fully saturated rings. The summed E-state index contributed by atoms with van der Waals surface area (Å²) in [6.07, 6.45) is 5.10. The molecule has 174 valence electrons. The Labute approximate surface area is 210 Å². The van der Waals surface area contributed by atoms with Crippen molar-refractivity contribution in [2.45, 2.75) is 50.9 Å². The lowest BCUT2D eigenvalue weighted by Gasteiger charge is -2.33. The van der Waals surface area contributed by atoms with E-state index >= 15 is 0 Å². The van der Waals surface area contributed by atoms with Crippen LogP contribution in [0.2, 0.25) is 0 Å². The van der Waals surface area contributed by atoms with Crippen molar-refractivity contribution in [3.63, 3.8) is 0 Å². The van der Waals surface area contributed by atoms with Crippen LogP contribution in [0.3, 0.4) is 0 Å². The Balaban J connectivity index is 0.000000968. The van der Waals surface area contributed by atoms with Crippen LogP contribution >= 0.6 is 34.8 Å². The third-order valence-corrected chi connectivity index (χ3v) is 6.88. The molecule has 0 atom stereocenters. The number of amides is 1. The van der Waals surface area contributed by atoms with Crippen molar-refractivity contribution in [3.8, 4) is 6.07 Å². The van der Waals surface area contributed by atoms with Crippen molar-refractivity contribution >= 4 is 46.0 Å². The highest BCUT2D eigenvalue weighted by molar-refractivity contribution is 6.68. The van der Waals surface area contributed by atoms with E-state index in [0.29, 0.717) is 41.6 Å². The van der Waals surface area contributed by atoms with E-state index in [2.05, 4.69) is 6.07 Å². The molecule has 2 aromatic rings. The van der Waals surface area contributed by atoms with Crippen LogP contribution in [0, 0.1) is 18.3 Å². The number of alkyl halides is 2. The number of benzene rings is 2. The van der Waals surface area contributed by atoms with E-state index in [1.807, 2.05) is 42.2 Å². The van der Waals surface area contributed by atoms with Gasteiger partial charge in [-0.25, -0.2) is 0 Å². The lowest BCUT2D eigenvalue weighted by Crippen LogP contribution is -2.38. The zero-order valence-corrected chi connectivity index (χ0v) is 20.9. The fourth-order valence-electron chi connectivity index (χ4n) is 4.60. The minimum Gasteiger partial charge on any atom is -0.339 e. The predicted molar refractivity (Wildman–Crippen MR) is 134 cm³/mol. The molecular weight excluding hydrogens is 479 g/mol. The summed E-state index contributed by atoms with van der Waals surface area (Å²) >= 11 is 15.4. The Hall–Kier alpha value is -2.06. The molecular formula is C26H27Cl3N2O2. The Morgan fingerprint density at radius 3 is 2.09 bits per heavy atom. The minimum absolute atomic E-state index is 0.0231. The topological polar surface area (TPSA) is 61.2 Å². The van der Waals surface area contributed by atoms with Crippen molar-refractivity contribution in [2.75, 3.05) is 18.4 Å². The van der Waals surface area contributed by atoms with E-state index < -0.39 is 5.24 Å². The third kappa shape index (κ3) is 6.09. The van der Waals surface area contributed by atoms with Gasteiger partial charge in [-0.3, -0.25) is 9.59 Å². The van der Waals surface area contributed by atoms with Crippen molar-refractivity contribution < 1.29 is 9.59 Å². The summed E-state index contributed by atoms with van der Waals surface area (Å²) in [6, 6.07) is 13.6. The van der Waals surface area contributed by atoms with E-state index in [1.54, 1.807) is 6.07 Å². The molecule has 1 saturated carbocycles. The fraction of sp³-hybridized carbons (Fsp3) is 0.423. The fourth-order valence-corrected chi connectivity index (χ4v) is 4.77. The number of nitrogens with zero attached hydrogens (tertiary/aromatic N) is 2. The van der Waals surface area contributed by atoms with E-state index in [-0.39, 0.29) is 11.2 Å². The Morgan fingerprint density at radius 2 is 1.61 bits per heavy atom. The first-order valence-corrected chi connectivity index (χ1v) is 12.6. The van der Waals surface area contributed by atoms with Crippen LogP contribution in [0.5, 0.6) is 0 Å². The molecule has 1 aliphatic carbocycles. The van der Waals surface area contributed by atoms with E-state index in [1.165, 1.54) is 12.0 Å². The van der Waals surface area contributed by atoms with Crippen molar-refractivity contribution in [1.82, 2.24) is 4.90 Å². The number of nitriles is 1. The summed E-state index contributed by atoms with van der Waals surface area (Å²) in [6.45, 7) is 3.30. The lowest BCUT2D eigenvalue weighted by atomic mass is 9.77. The normalized spacial score (nSPS) is 16.3. The molecule has 1 aliphatic heterocycles. The first-order valence-electron chi connectivity index (χ1n) is 11.1. The predicted octanol–water partition coefficient (Wildman–Crippen LogP) is 6.95. The summed E-state index contributed by atoms with van der Waals surface area (Å²) in [7, 11) is 0. The molecule has 7 heteroatoms. The van der Waals surface area contributed by atoms with Gasteiger partial charge in [0.2, 0.25) is 0 Å². The Kier molecular flexibility index (Phi) is 9.20. The van der Waals surface area contributed by atoms with Gasteiger partial charge in [0.05, 0.1) is 17.0 Å². The molecule has 1 heterocycles. The number of rotatable bonds is 4. The van der Waals surface area contributed by atoms with Crippen LogP contribution in [0.15, 0.2) is 36.4 Å². The molecule has 2 aromatic carbocycles. The lowest BCUT2D eigenvalue weighted by molar-refractivity contribution is 0.0712. The summed E-state index contributed by atoms with van der Waals surface area (Å²) in [4.78, 5) is 27.1. The molecule has 0 spiro atoms. The van der Waals surface area contributed by atoms with Crippen molar-refractivity contribution in [2.24, 2.45) is 0 Å². The maximum atomic E-state index is 13.2. The number of carbonyl (C=O) groups is 2. The number of piperidine rings is 1. The van der Waals surface area contributed by atoms with Gasteiger partial charge in [0.15, 0.2) is 0 Å². The molecule has 1 saturated heterocycles. The van der Waals surface area contributed by atoms with Crippen LogP contribution in [0.25, 0.3) is 0 Å². The molecule has 0 radical (unpaired) electrons. The second kappa shape index (κ2) is 11.9. The number of likely N-dealkylation sites (tertiary alicyclic amines) is 1. The zero-order valence-electron chi connectivity index (χ0n) is 18.6. The van der Waals surface area contributed by atoms with Gasteiger partial charge in [-0.1, -0.05) is 24.6 Å². The largest absolute Gasteiger partial charge is 0.339 e. The first kappa shape index (κ1) is 25.6. The molecule has 0 bridgehead atoms. The van der Waals surface area contributed by atoms with Crippen molar-refractivity contribution in [1.29, 1.82) is 5.26 Å². The molecule has 2 aliphatic rings. The van der Waals surface area contributed by atoms with Gasteiger partial charge >= 0.3 is 0 Å². The minimum atomic E-state index is -0.481. The molecule has 0 unspecified atom stereocenters. The molecule has 0 N–H and O–H groups in total. The van der Waals surface area contributed by atoms with Crippen molar-refractivity contribution in [3.05, 3.63) is 69.8 Å². The Bertz CT molecular complexity index is 1030. The van der Waals surface area contributed by atoms with E-state index in [4.69, 9.17) is 40.1 Å². The number of aryl methyl sites for hydroxylation is 1. The van der Waals surface area contributed by atoms with Crippen LogP contribution in [0.4, 0.5) is 0 Å². The summed E-state index contributed by atoms with van der Waals surface area (Å²) in [5.41, 5.74) is 4.86. The summed E-state index contributed by atoms with van der Waals surface area (Å²) < 4.78 is 0. The molecule has 0 aromatic heterocycles. The number of carbonyl (C=O) groups excluding carboxylic acids is 2. The molecule has 1 amide bonds. The standard InChI is InChI=1S/C25H25ClN2O2.CH2Cl2/c1-16-13-22(20-3-2-4-20)23(24(26)29)14-21(16)25(30)28-11-9-19(10-12-28)18-7-5-17(15-27)6-8-18;2-1-3/h5-8,13-14,19-20H,2-4,9-12H2,1H3;1H2. The van der Waals surface area contributed by atoms with Gasteiger partial charge in [0.1, 0.15) is 0 Å². The van der Waals surface area contributed by atoms with Crippen LogP contribution in [-0.2, 0) is 0 Å². The Morgan fingerprint density at radius 1 is 1.00 bits per heavy atom. The van der Waals surface area contributed by atoms with Crippen LogP contribution in [0.1, 0.15) is 86.9 Å². The molecule has 4 nitrogen and oxygen atoms in total. The third-order valence-electron chi connectivity index (χ3n) is 6.68. The van der Waals surface area contributed by atoms with Crippen LogP contribution in [-0.4, -0.2) is 34.5 Å². The number of halogens is 3. The SMILES string of the molecule is Cc1cc(C2CCC2)c(C(=O)Cl)cc1C(=O)N1CCC(c2ccc(C#N)cc2)CC1.ClCCl. The maximum Gasteiger partial charge on any atom is 0.254 e. The van der Waals surface area contributed by atoms with E-state index in [9.17, 15) is 9.59 Å². The maximum absolute atomic E-state index is 13.2. The average Bonchev–Trinajstić information content (AvgIpc) is 2.78. The highest BCUT2D eigenvalue weighted by Crippen LogP contribution is 2.39. The first-order chi connectivity index (χ1) is 15.9. The van der Waals surface area contributed by atoms with Gasteiger partial charge in [0, 0.05) is 24.2 Å². The van der Waals surface area contributed by atoms with Crippen LogP contribution < -0.4 is 0 Å². The van der Waals surface area contributed by atoms with Gasteiger partial charge in [-0.15, -0.1) is 23.2 Å². The average molecular weight is 506 g/mol. The van der Waals surface area contributed by atoms with Gasteiger partial charge in [-0.2, -0.15) is 5.26 Å². The van der Waals surface area contributed by atoms with Gasteiger partial charge in [0.25, 0.3) is 11.1 Å². The highest BCUT2D eigenvalue weighted by Gasteiger charge is 2.29. The second-order valence-electron chi connectivity index (χ2n) is 8.56. The van der Waals surface area contributed by atoms with Gasteiger partial charge < -0.3 is 4.90 Å². The molecule has 33 heavy (non-hydrogen) atoms. The summed E-state index contributed by atoms with van der Waals surface area (Å²) in [5.74, 6) is 0.752. The highest BCUT2D eigenvalue weighted by atomic mass is 35.5. The van der Waals surface area contributed by atoms with E-state index in [0.717, 1.165) is 36.8 Å². The smallest absolute Gasteiger partial charge is 0.254 e. The zero-order chi connectivity index (χ0) is 24.0. The number of hydrogen-bond acceptors (Lipinski definition) is 3. The second-order valence-corrected chi connectivity index (χ2v) is 9.71. The number of hydrogen-bond donors (Lipinski definition) is 0. The molecule has 4 rings (SSSR count). The monoisotopic (exact) mass is 504 g/mol. The van der Waals surface area contributed by atoms with Gasteiger partial charge in [-0.05, 0) is 90.9 Å². The quantitative estimate of drug-likeness (QED) is 0.333.